The number of aliphatic hydroxyl groups is 1. The lowest BCUT2D eigenvalue weighted by atomic mass is 9.95. The lowest BCUT2D eigenvalue weighted by Crippen LogP contribution is -2.29. The van der Waals surface area contributed by atoms with Crippen molar-refractivity contribution >= 4 is 45.7 Å². The minimum Gasteiger partial charge on any atom is -0.507 e. The fourth-order valence-electron chi connectivity index (χ4n) is 4.99. The molecule has 2 aliphatic rings. The molecule has 3 heterocycles. The van der Waals surface area contributed by atoms with Crippen LogP contribution in [0.4, 0.5) is 5.13 Å². The number of carbonyl (C=O) groups is 2. The molecule has 0 bridgehead atoms. The normalized spacial score (nSPS) is 17.2. The summed E-state index contributed by atoms with van der Waals surface area (Å²) in [7, 11) is 0. The first-order valence-electron chi connectivity index (χ1n) is 14.4. The van der Waals surface area contributed by atoms with Crippen LogP contribution in [-0.4, -0.2) is 46.8 Å². The number of thioether (sulfide) groups is 1. The molecule has 1 amide bonds. The fraction of sp³-hybridized carbons (Fsp3) is 0.273. The van der Waals surface area contributed by atoms with E-state index in [0.717, 1.165) is 18.4 Å². The van der Waals surface area contributed by atoms with Crippen molar-refractivity contribution in [3.05, 3.63) is 94.6 Å². The van der Waals surface area contributed by atoms with Crippen LogP contribution in [0.15, 0.2) is 76.6 Å². The number of aryl methyl sites for hydroxylation is 1. The highest BCUT2D eigenvalue weighted by Gasteiger charge is 2.48. The van der Waals surface area contributed by atoms with Crippen molar-refractivity contribution in [2.24, 2.45) is 0 Å². The van der Waals surface area contributed by atoms with Crippen LogP contribution in [0.2, 0.25) is 0 Å². The largest absolute Gasteiger partial charge is 0.507 e. The van der Waals surface area contributed by atoms with E-state index in [1.54, 1.807) is 30.3 Å². The van der Waals surface area contributed by atoms with Gasteiger partial charge in [0.1, 0.15) is 24.7 Å². The summed E-state index contributed by atoms with van der Waals surface area (Å²) in [6, 6.07) is 19.5. The second-order valence-electron chi connectivity index (χ2n) is 10.4. The molecule has 0 spiro atoms. The van der Waals surface area contributed by atoms with Crippen LogP contribution in [0, 0.1) is 6.92 Å². The molecular formula is C33H31N3O6S2. The molecule has 9 nitrogen and oxygen atoms in total. The molecule has 0 radical (unpaired) electrons. The maximum Gasteiger partial charge on any atom is 0.301 e. The summed E-state index contributed by atoms with van der Waals surface area (Å²) in [5.74, 6) is 0.360. The molecule has 0 saturated carbocycles. The standard InChI is InChI=1S/C33H31N3O6S2/c1-3-4-14-40-24-7-5-6-22(17-24)28-27(29(37)23-12-13-25-26(18-23)42-16-15-41-25)30(38)31(39)36(28)32-34-35-33(44-32)43-19-21-10-8-20(2)9-11-21/h5-13,17-18,28,37H,3-4,14-16,19H2,1-2H3/t28-/m0/s1. The molecule has 1 N–H and O–H groups in total. The van der Waals surface area contributed by atoms with Gasteiger partial charge in [-0.05, 0) is 54.8 Å². The Morgan fingerprint density at radius 1 is 1.05 bits per heavy atom. The van der Waals surface area contributed by atoms with Gasteiger partial charge >= 0.3 is 5.91 Å². The monoisotopic (exact) mass is 629 g/mol. The first-order chi connectivity index (χ1) is 21.4. The van der Waals surface area contributed by atoms with Gasteiger partial charge in [-0.2, -0.15) is 0 Å². The van der Waals surface area contributed by atoms with Gasteiger partial charge in [-0.15, -0.1) is 10.2 Å². The molecule has 11 heteroatoms. The second kappa shape index (κ2) is 13.1. The van der Waals surface area contributed by atoms with Crippen LogP contribution < -0.4 is 19.1 Å². The summed E-state index contributed by atoms with van der Waals surface area (Å²) < 4.78 is 17.9. The number of rotatable bonds is 10. The number of anilines is 1. The number of ketones is 1. The molecular weight excluding hydrogens is 599 g/mol. The zero-order valence-electron chi connectivity index (χ0n) is 24.3. The van der Waals surface area contributed by atoms with Crippen molar-refractivity contribution in [1.29, 1.82) is 0 Å². The third-order valence-electron chi connectivity index (χ3n) is 7.29. The molecule has 2 aliphatic heterocycles. The molecule has 226 valence electrons. The fourth-order valence-corrected chi connectivity index (χ4v) is 6.81. The highest BCUT2D eigenvalue weighted by Crippen LogP contribution is 2.45. The molecule has 4 aromatic rings. The van der Waals surface area contributed by atoms with Crippen LogP contribution in [0.25, 0.3) is 5.76 Å². The molecule has 1 fully saturated rings. The van der Waals surface area contributed by atoms with Gasteiger partial charge in [0.15, 0.2) is 15.8 Å². The smallest absolute Gasteiger partial charge is 0.301 e. The summed E-state index contributed by atoms with van der Waals surface area (Å²) in [6.07, 6.45) is 1.87. The summed E-state index contributed by atoms with van der Waals surface area (Å²) in [5.41, 5.74) is 3.20. The maximum absolute atomic E-state index is 13.7. The van der Waals surface area contributed by atoms with Crippen molar-refractivity contribution in [2.75, 3.05) is 24.7 Å². The Morgan fingerprint density at radius 2 is 1.84 bits per heavy atom. The van der Waals surface area contributed by atoms with E-state index in [1.165, 1.54) is 33.6 Å². The van der Waals surface area contributed by atoms with E-state index in [4.69, 9.17) is 14.2 Å². The number of hydrogen-bond donors (Lipinski definition) is 1. The van der Waals surface area contributed by atoms with E-state index in [2.05, 4.69) is 41.4 Å². The van der Waals surface area contributed by atoms with Crippen LogP contribution in [-0.2, 0) is 15.3 Å². The molecule has 1 atom stereocenters. The van der Waals surface area contributed by atoms with E-state index in [1.807, 2.05) is 19.1 Å². The third kappa shape index (κ3) is 6.15. The van der Waals surface area contributed by atoms with Gasteiger partial charge in [0.2, 0.25) is 5.13 Å². The van der Waals surface area contributed by atoms with Gasteiger partial charge in [0, 0.05) is 11.3 Å². The number of aliphatic hydroxyl groups excluding tert-OH is 1. The van der Waals surface area contributed by atoms with Gasteiger partial charge in [-0.1, -0.05) is 78.4 Å². The number of nitrogens with zero attached hydrogens (tertiary/aromatic N) is 3. The molecule has 1 aromatic heterocycles. The molecule has 0 aliphatic carbocycles. The number of unbranched alkanes of at least 4 members (excludes halogenated alkanes) is 1. The maximum atomic E-state index is 13.7. The Labute approximate surface area is 263 Å². The summed E-state index contributed by atoms with van der Waals surface area (Å²) in [6.45, 7) is 5.46. The zero-order valence-corrected chi connectivity index (χ0v) is 26.0. The van der Waals surface area contributed by atoms with Crippen LogP contribution in [0.3, 0.4) is 0 Å². The number of benzene rings is 3. The molecule has 44 heavy (non-hydrogen) atoms. The predicted octanol–water partition coefficient (Wildman–Crippen LogP) is 6.72. The summed E-state index contributed by atoms with van der Waals surface area (Å²) >= 11 is 2.73. The SMILES string of the molecule is CCCCOc1cccc([C@H]2C(=C(O)c3ccc4c(c3)OCCO4)C(=O)C(=O)N2c2nnc(SCc3ccc(C)cc3)s2)c1. The number of hydrogen-bond acceptors (Lipinski definition) is 10. The zero-order chi connectivity index (χ0) is 30.6. The highest BCUT2D eigenvalue weighted by atomic mass is 32.2. The lowest BCUT2D eigenvalue weighted by Gasteiger charge is -2.23. The van der Waals surface area contributed by atoms with Crippen molar-refractivity contribution in [1.82, 2.24) is 10.2 Å². The third-order valence-corrected chi connectivity index (χ3v) is 9.41. The lowest BCUT2D eigenvalue weighted by molar-refractivity contribution is -0.132. The van der Waals surface area contributed by atoms with Gasteiger partial charge in [-0.3, -0.25) is 14.5 Å². The van der Waals surface area contributed by atoms with E-state index >= 15 is 0 Å². The van der Waals surface area contributed by atoms with Crippen LogP contribution >= 0.6 is 23.1 Å². The average molecular weight is 630 g/mol. The number of fused-ring (bicyclic) bond motifs is 1. The van der Waals surface area contributed by atoms with Gasteiger partial charge in [0.25, 0.3) is 5.78 Å². The van der Waals surface area contributed by atoms with Crippen molar-refractivity contribution in [3.8, 4) is 17.2 Å². The van der Waals surface area contributed by atoms with Gasteiger partial charge < -0.3 is 19.3 Å². The highest BCUT2D eigenvalue weighted by molar-refractivity contribution is 8.00. The predicted molar refractivity (Wildman–Crippen MR) is 170 cm³/mol. The summed E-state index contributed by atoms with van der Waals surface area (Å²) in [4.78, 5) is 28.7. The second-order valence-corrected chi connectivity index (χ2v) is 12.6. The van der Waals surface area contributed by atoms with Crippen LogP contribution in [0.5, 0.6) is 17.2 Å². The van der Waals surface area contributed by atoms with E-state index < -0.39 is 17.7 Å². The number of ether oxygens (including phenoxy) is 3. The van der Waals surface area contributed by atoms with Crippen molar-refractivity contribution in [3.63, 3.8) is 0 Å². The Balaban J connectivity index is 1.38. The minimum absolute atomic E-state index is 0.0542. The number of amides is 1. The van der Waals surface area contributed by atoms with Crippen molar-refractivity contribution < 1.29 is 28.9 Å². The first kappa shape index (κ1) is 29.7. The van der Waals surface area contributed by atoms with Crippen LogP contribution in [0.1, 0.15) is 48.1 Å². The number of carbonyl (C=O) groups excluding carboxylic acids is 2. The molecule has 1 saturated heterocycles. The number of Topliss-reactive ketones (excluding diaryl/α,β-unsaturated/α-hetero) is 1. The molecule has 0 unspecified atom stereocenters. The van der Waals surface area contributed by atoms with E-state index in [-0.39, 0.29) is 16.5 Å². The first-order valence-corrected chi connectivity index (χ1v) is 16.2. The quantitative estimate of drug-likeness (QED) is 0.0511. The van der Waals surface area contributed by atoms with Crippen molar-refractivity contribution in [2.45, 2.75) is 42.8 Å². The van der Waals surface area contributed by atoms with Gasteiger partial charge in [-0.25, -0.2) is 0 Å². The summed E-state index contributed by atoms with van der Waals surface area (Å²) in [5, 5.41) is 20.5. The Morgan fingerprint density at radius 3 is 2.64 bits per heavy atom. The van der Waals surface area contributed by atoms with E-state index in [0.29, 0.717) is 58.3 Å². The minimum atomic E-state index is -0.958. The molecule has 3 aromatic carbocycles. The Bertz CT molecular complexity index is 1720. The Kier molecular flexibility index (Phi) is 8.85. The topological polar surface area (TPSA) is 111 Å². The van der Waals surface area contributed by atoms with Gasteiger partial charge in [0.05, 0.1) is 18.2 Å². The average Bonchev–Trinajstić information content (AvgIpc) is 3.62. The van der Waals surface area contributed by atoms with E-state index in [9.17, 15) is 14.7 Å². The molecule has 6 rings (SSSR count). The Hall–Kier alpha value is -4.35. The number of aromatic nitrogens is 2.